The summed E-state index contributed by atoms with van der Waals surface area (Å²) < 4.78 is 5.22. The first-order valence-corrected chi connectivity index (χ1v) is 5.88. The topological polar surface area (TPSA) is 49.1 Å². The molecule has 0 aliphatic carbocycles. The fourth-order valence-electron chi connectivity index (χ4n) is 2.35. The Morgan fingerprint density at radius 2 is 2.47 bits per heavy atom. The minimum Gasteiger partial charge on any atom is -0.383 e. The molecule has 0 spiro atoms. The van der Waals surface area contributed by atoms with Gasteiger partial charge in [-0.15, -0.1) is 0 Å². The van der Waals surface area contributed by atoms with Crippen LogP contribution in [0.25, 0.3) is 0 Å². The molecule has 1 aromatic heterocycles. The number of nitriles is 1. The van der Waals surface area contributed by atoms with Gasteiger partial charge in [0.25, 0.3) is 0 Å². The number of methoxy groups -OCH3 is 1. The van der Waals surface area contributed by atoms with E-state index < -0.39 is 0 Å². The van der Waals surface area contributed by atoms with Gasteiger partial charge in [-0.1, -0.05) is 0 Å². The molecule has 4 nitrogen and oxygen atoms in total. The summed E-state index contributed by atoms with van der Waals surface area (Å²) in [6, 6.07) is 4.47. The molecule has 0 bridgehead atoms. The van der Waals surface area contributed by atoms with Crippen LogP contribution in [0.15, 0.2) is 12.3 Å². The van der Waals surface area contributed by atoms with Gasteiger partial charge in [0, 0.05) is 19.9 Å². The minimum atomic E-state index is 0.349. The van der Waals surface area contributed by atoms with Crippen molar-refractivity contribution < 1.29 is 4.74 Å². The van der Waals surface area contributed by atoms with Gasteiger partial charge in [0.05, 0.1) is 18.2 Å². The molecule has 0 saturated carbocycles. The monoisotopic (exact) mass is 231 g/mol. The van der Waals surface area contributed by atoms with E-state index in [4.69, 9.17) is 4.74 Å². The summed E-state index contributed by atoms with van der Waals surface area (Å²) in [5.74, 6) is 0.803. The predicted octanol–water partition coefficient (Wildman–Crippen LogP) is 1.88. The highest BCUT2D eigenvalue weighted by atomic mass is 16.5. The van der Waals surface area contributed by atoms with Gasteiger partial charge in [-0.2, -0.15) is 5.26 Å². The van der Waals surface area contributed by atoms with Crippen LogP contribution in [0, 0.1) is 18.3 Å². The number of hydrogen-bond acceptors (Lipinski definition) is 4. The van der Waals surface area contributed by atoms with E-state index in [2.05, 4.69) is 16.0 Å². The maximum atomic E-state index is 9.17. The van der Waals surface area contributed by atoms with Crippen LogP contribution >= 0.6 is 0 Å². The van der Waals surface area contributed by atoms with E-state index in [0.29, 0.717) is 18.2 Å². The zero-order chi connectivity index (χ0) is 12.3. The third-order valence-corrected chi connectivity index (χ3v) is 3.13. The van der Waals surface area contributed by atoms with Crippen LogP contribution in [-0.2, 0) is 4.74 Å². The molecule has 1 atom stereocenters. The number of anilines is 1. The van der Waals surface area contributed by atoms with Gasteiger partial charge in [-0.25, -0.2) is 4.98 Å². The second-order valence-electron chi connectivity index (χ2n) is 4.44. The van der Waals surface area contributed by atoms with Crippen molar-refractivity contribution in [1.29, 1.82) is 5.26 Å². The molecule has 1 aliphatic rings. The van der Waals surface area contributed by atoms with Gasteiger partial charge in [0.1, 0.15) is 11.9 Å². The summed E-state index contributed by atoms with van der Waals surface area (Å²) in [4.78, 5) is 6.61. The van der Waals surface area contributed by atoms with E-state index in [9.17, 15) is 5.26 Å². The fourth-order valence-corrected chi connectivity index (χ4v) is 2.35. The standard InChI is InChI=1S/C13H17N3O/c1-10-6-11(7-14)13(15-8-10)16-5-3-4-12(16)9-17-2/h6,8,12H,3-5,9H2,1-2H3. The van der Waals surface area contributed by atoms with E-state index in [1.54, 1.807) is 7.11 Å². The highest BCUT2D eigenvalue weighted by Crippen LogP contribution is 2.27. The molecular formula is C13H17N3O. The van der Waals surface area contributed by atoms with Gasteiger partial charge in [0.15, 0.2) is 0 Å². The van der Waals surface area contributed by atoms with Gasteiger partial charge in [0.2, 0.25) is 0 Å². The summed E-state index contributed by atoms with van der Waals surface area (Å²) in [5, 5.41) is 9.17. The first-order valence-electron chi connectivity index (χ1n) is 5.88. The Labute approximate surface area is 102 Å². The van der Waals surface area contributed by atoms with E-state index >= 15 is 0 Å². The number of rotatable bonds is 3. The van der Waals surface area contributed by atoms with Crippen molar-refractivity contribution in [3.63, 3.8) is 0 Å². The Balaban J connectivity index is 2.30. The maximum Gasteiger partial charge on any atom is 0.146 e. The number of hydrogen-bond donors (Lipinski definition) is 0. The molecule has 0 radical (unpaired) electrons. The SMILES string of the molecule is COCC1CCCN1c1ncc(C)cc1C#N. The Morgan fingerprint density at radius 3 is 3.18 bits per heavy atom. The second kappa shape index (κ2) is 5.15. The van der Waals surface area contributed by atoms with E-state index in [1.807, 2.05) is 19.2 Å². The van der Waals surface area contributed by atoms with Crippen molar-refractivity contribution in [3.05, 3.63) is 23.4 Å². The number of ether oxygens (including phenoxy) is 1. The highest BCUT2D eigenvalue weighted by Gasteiger charge is 2.27. The molecule has 1 saturated heterocycles. The van der Waals surface area contributed by atoms with Crippen LogP contribution in [0.4, 0.5) is 5.82 Å². The first-order chi connectivity index (χ1) is 8.26. The molecular weight excluding hydrogens is 214 g/mol. The third-order valence-electron chi connectivity index (χ3n) is 3.13. The van der Waals surface area contributed by atoms with Crippen LogP contribution < -0.4 is 4.90 Å². The number of aromatic nitrogens is 1. The van der Waals surface area contributed by atoms with Gasteiger partial charge in [-0.3, -0.25) is 0 Å². The van der Waals surface area contributed by atoms with Gasteiger partial charge < -0.3 is 9.64 Å². The van der Waals surface area contributed by atoms with E-state index in [0.717, 1.165) is 30.8 Å². The van der Waals surface area contributed by atoms with Crippen LogP contribution in [0.3, 0.4) is 0 Å². The summed E-state index contributed by atoms with van der Waals surface area (Å²) in [6.07, 6.45) is 4.06. The number of nitrogens with zero attached hydrogens (tertiary/aromatic N) is 3. The molecule has 1 aliphatic heterocycles. The van der Waals surface area contributed by atoms with Gasteiger partial charge >= 0.3 is 0 Å². The van der Waals surface area contributed by atoms with Crippen molar-refractivity contribution in [2.24, 2.45) is 0 Å². The van der Waals surface area contributed by atoms with Gasteiger partial charge in [-0.05, 0) is 31.4 Å². The second-order valence-corrected chi connectivity index (χ2v) is 4.44. The molecule has 17 heavy (non-hydrogen) atoms. The molecule has 90 valence electrons. The van der Waals surface area contributed by atoms with Crippen molar-refractivity contribution in [3.8, 4) is 6.07 Å². The Bertz CT molecular complexity index is 439. The summed E-state index contributed by atoms with van der Waals surface area (Å²) in [5.41, 5.74) is 1.68. The average molecular weight is 231 g/mol. The van der Waals surface area contributed by atoms with Crippen LogP contribution in [-0.4, -0.2) is 31.3 Å². The number of pyridine rings is 1. The summed E-state index contributed by atoms with van der Waals surface area (Å²) in [7, 11) is 1.71. The maximum absolute atomic E-state index is 9.17. The quantitative estimate of drug-likeness (QED) is 0.797. The molecule has 0 amide bonds. The Kier molecular flexibility index (Phi) is 3.60. The zero-order valence-corrected chi connectivity index (χ0v) is 10.3. The van der Waals surface area contributed by atoms with Crippen LogP contribution in [0.2, 0.25) is 0 Å². The van der Waals surface area contributed by atoms with Crippen molar-refractivity contribution in [2.45, 2.75) is 25.8 Å². The van der Waals surface area contributed by atoms with Crippen molar-refractivity contribution in [2.75, 3.05) is 25.2 Å². The summed E-state index contributed by atoms with van der Waals surface area (Å²) >= 11 is 0. The molecule has 0 N–H and O–H groups in total. The average Bonchev–Trinajstić information content (AvgIpc) is 2.77. The number of aryl methyl sites for hydroxylation is 1. The normalized spacial score (nSPS) is 19.4. The predicted molar refractivity (Wildman–Crippen MR) is 65.9 cm³/mol. The molecule has 4 heteroatoms. The molecule has 1 aromatic rings. The lowest BCUT2D eigenvalue weighted by atomic mass is 10.2. The highest BCUT2D eigenvalue weighted by molar-refractivity contribution is 5.55. The third kappa shape index (κ3) is 2.40. The smallest absolute Gasteiger partial charge is 0.146 e. The Hall–Kier alpha value is -1.60. The Morgan fingerprint density at radius 1 is 1.65 bits per heavy atom. The largest absolute Gasteiger partial charge is 0.383 e. The van der Waals surface area contributed by atoms with E-state index in [-0.39, 0.29) is 0 Å². The van der Waals surface area contributed by atoms with Crippen LogP contribution in [0.5, 0.6) is 0 Å². The molecule has 1 fully saturated rings. The first kappa shape index (κ1) is 11.9. The lowest BCUT2D eigenvalue weighted by molar-refractivity contribution is 0.180. The molecule has 1 unspecified atom stereocenters. The molecule has 0 aromatic carbocycles. The van der Waals surface area contributed by atoms with Crippen molar-refractivity contribution in [1.82, 2.24) is 4.98 Å². The zero-order valence-electron chi connectivity index (χ0n) is 10.3. The lowest BCUT2D eigenvalue weighted by Gasteiger charge is -2.25. The fraction of sp³-hybridized carbons (Fsp3) is 0.538. The lowest BCUT2D eigenvalue weighted by Crippen LogP contribution is -2.34. The molecule has 2 heterocycles. The van der Waals surface area contributed by atoms with E-state index in [1.165, 1.54) is 0 Å². The minimum absolute atomic E-state index is 0.349. The van der Waals surface area contributed by atoms with Crippen molar-refractivity contribution >= 4 is 5.82 Å². The van der Waals surface area contributed by atoms with Crippen LogP contribution in [0.1, 0.15) is 24.0 Å². The summed E-state index contributed by atoms with van der Waals surface area (Å²) in [6.45, 7) is 3.60. The molecule has 2 rings (SSSR count).